The minimum absolute atomic E-state index is 0.0232. The van der Waals surface area contributed by atoms with Crippen molar-refractivity contribution in [1.29, 1.82) is 0 Å². The second-order valence-electron chi connectivity index (χ2n) is 11.1. The molecule has 232 valence electrons. The summed E-state index contributed by atoms with van der Waals surface area (Å²) in [6, 6.07) is 9.68. The Morgan fingerprint density at radius 2 is 1.82 bits per heavy atom. The maximum atomic E-state index is 12.6. The molecule has 3 aromatic heterocycles. The Hall–Kier alpha value is -4.46. The molecule has 1 aromatic carbocycles. The van der Waals surface area contributed by atoms with Gasteiger partial charge in [-0.3, -0.25) is 9.69 Å². The predicted molar refractivity (Wildman–Crippen MR) is 160 cm³/mol. The molecule has 11 nitrogen and oxygen atoms in total. The number of rotatable bonds is 8. The van der Waals surface area contributed by atoms with E-state index in [2.05, 4.69) is 40.0 Å². The van der Waals surface area contributed by atoms with E-state index in [4.69, 9.17) is 4.74 Å². The number of aromatic amines is 1. The fraction of sp³-hybridized carbons (Fsp3) is 0.433. The predicted octanol–water partition coefficient (Wildman–Crippen LogP) is 4.92. The summed E-state index contributed by atoms with van der Waals surface area (Å²) in [5.41, 5.74) is 4.16. The van der Waals surface area contributed by atoms with Crippen molar-refractivity contribution in [1.82, 2.24) is 34.7 Å². The topological polar surface area (TPSA) is 115 Å². The van der Waals surface area contributed by atoms with Crippen LogP contribution in [0.3, 0.4) is 0 Å². The van der Waals surface area contributed by atoms with E-state index in [1.165, 1.54) is 4.90 Å². The largest absolute Gasteiger partial charge is 0.491 e. The molecular formula is C30H34F3N9O2. The molecule has 6 rings (SSSR count). The van der Waals surface area contributed by atoms with Crippen molar-refractivity contribution in [2.45, 2.75) is 38.4 Å². The number of halogens is 3. The first-order valence-electron chi connectivity index (χ1n) is 14.6. The van der Waals surface area contributed by atoms with Gasteiger partial charge in [0.25, 0.3) is 0 Å². The number of nitrogens with zero attached hydrogens (tertiary/aromatic N) is 7. The van der Waals surface area contributed by atoms with Crippen molar-refractivity contribution in [3.05, 3.63) is 48.4 Å². The zero-order valence-electron chi connectivity index (χ0n) is 24.6. The van der Waals surface area contributed by atoms with Crippen molar-refractivity contribution in [3.8, 4) is 17.0 Å². The molecule has 2 aliphatic heterocycles. The van der Waals surface area contributed by atoms with Gasteiger partial charge in [-0.2, -0.15) is 13.2 Å². The number of imidazole rings is 1. The Balaban J connectivity index is 1.14. The Labute approximate surface area is 252 Å². The van der Waals surface area contributed by atoms with Gasteiger partial charge in [0.05, 0.1) is 18.1 Å². The molecule has 4 aromatic rings. The minimum atomic E-state index is -4.49. The summed E-state index contributed by atoms with van der Waals surface area (Å²) < 4.78 is 43.7. The van der Waals surface area contributed by atoms with Crippen LogP contribution in [0.2, 0.25) is 0 Å². The average molecular weight is 610 g/mol. The standard InChI is InChI=1S/C30H34F3N9O2/c1-19(40-11-13-41(14-12-40)25(43)17-30(31,32)33)20-7-8-34-24(16-20)39-29-37-22-6-5-21(15-23(22)38-29)26-27(44-2)28(36-18-35-26)42-9-3-4-10-42/h5-8,15-16,18-19H,3-4,9-14,17H2,1-2H3,(H2,34,37,38,39). The number of aromatic nitrogens is 5. The quantitative estimate of drug-likeness (QED) is 0.287. The second kappa shape index (κ2) is 12.3. The first kappa shape index (κ1) is 29.6. The highest BCUT2D eigenvalue weighted by molar-refractivity contribution is 5.85. The number of piperazine rings is 1. The van der Waals surface area contributed by atoms with E-state index in [0.717, 1.165) is 53.9 Å². The highest BCUT2D eigenvalue weighted by atomic mass is 19.4. The van der Waals surface area contributed by atoms with Crippen LogP contribution in [0.15, 0.2) is 42.9 Å². The monoisotopic (exact) mass is 609 g/mol. The highest BCUT2D eigenvalue weighted by Gasteiger charge is 2.35. The van der Waals surface area contributed by atoms with Crippen molar-refractivity contribution in [2.75, 3.05) is 56.6 Å². The van der Waals surface area contributed by atoms with Gasteiger partial charge >= 0.3 is 6.18 Å². The van der Waals surface area contributed by atoms with Gasteiger partial charge in [-0.1, -0.05) is 6.07 Å². The van der Waals surface area contributed by atoms with Crippen molar-refractivity contribution in [3.63, 3.8) is 0 Å². The first-order valence-corrected chi connectivity index (χ1v) is 14.6. The number of amides is 1. The van der Waals surface area contributed by atoms with E-state index in [-0.39, 0.29) is 19.1 Å². The van der Waals surface area contributed by atoms with Gasteiger partial charge in [-0.05, 0) is 49.6 Å². The summed E-state index contributed by atoms with van der Waals surface area (Å²) in [6.45, 7) is 5.41. The molecule has 0 bridgehead atoms. The second-order valence-corrected chi connectivity index (χ2v) is 11.1. The van der Waals surface area contributed by atoms with Gasteiger partial charge in [0.1, 0.15) is 24.3 Å². The molecule has 2 N–H and O–H groups in total. The SMILES string of the molecule is COc1c(-c2ccc3nc(Nc4cc(C(C)N5CCN(C(=O)CC(F)(F)F)CC5)ccn4)[nH]c3c2)ncnc1N1CCCC1. The normalized spacial score (nSPS) is 16.8. The fourth-order valence-electron chi connectivity index (χ4n) is 5.88. The Morgan fingerprint density at radius 3 is 2.55 bits per heavy atom. The van der Waals surface area contributed by atoms with E-state index in [9.17, 15) is 18.0 Å². The van der Waals surface area contributed by atoms with Crippen molar-refractivity contribution >= 4 is 34.5 Å². The van der Waals surface area contributed by atoms with Gasteiger partial charge in [-0.25, -0.2) is 19.9 Å². The van der Waals surface area contributed by atoms with Gasteiger partial charge < -0.3 is 24.8 Å². The number of ether oxygens (including phenoxy) is 1. The lowest BCUT2D eigenvalue weighted by Gasteiger charge is -2.38. The summed E-state index contributed by atoms with van der Waals surface area (Å²) in [6.07, 6.45) is -0.379. The molecule has 14 heteroatoms. The van der Waals surface area contributed by atoms with E-state index in [1.54, 1.807) is 19.6 Å². The molecule has 44 heavy (non-hydrogen) atoms. The lowest BCUT2D eigenvalue weighted by Crippen LogP contribution is -2.50. The maximum absolute atomic E-state index is 12.6. The molecule has 0 radical (unpaired) electrons. The molecule has 0 saturated carbocycles. The molecule has 1 atom stereocenters. The van der Waals surface area contributed by atoms with Crippen LogP contribution in [0.1, 0.15) is 37.8 Å². The minimum Gasteiger partial charge on any atom is -0.491 e. The number of anilines is 3. The fourth-order valence-corrected chi connectivity index (χ4v) is 5.88. The number of nitrogens with one attached hydrogen (secondary N) is 2. The number of fused-ring (bicyclic) bond motifs is 1. The number of pyridine rings is 1. The molecule has 2 aliphatic rings. The smallest absolute Gasteiger partial charge is 0.397 e. The summed E-state index contributed by atoms with van der Waals surface area (Å²) in [7, 11) is 1.64. The van der Waals surface area contributed by atoms with Gasteiger partial charge in [0.2, 0.25) is 11.9 Å². The summed E-state index contributed by atoms with van der Waals surface area (Å²) >= 11 is 0. The van der Waals surface area contributed by atoms with Crippen molar-refractivity contribution < 1.29 is 22.7 Å². The van der Waals surface area contributed by atoms with Gasteiger partial charge in [-0.15, -0.1) is 0 Å². The molecule has 5 heterocycles. The van der Waals surface area contributed by atoms with E-state index >= 15 is 0 Å². The van der Waals surface area contributed by atoms with Crippen LogP contribution in [0.5, 0.6) is 5.75 Å². The third-order valence-corrected chi connectivity index (χ3v) is 8.23. The molecule has 0 aliphatic carbocycles. The number of carbonyl (C=O) groups excluding carboxylic acids is 1. The highest BCUT2D eigenvalue weighted by Crippen LogP contribution is 2.37. The zero-order chi connectivity index (χ0) is 30.8. The number of methoxy groups -OCH3 is 1. The Bertz CT molecular complexity index is 1630. The number of benzene rings is 1. The van der Waals surface area contributed by atoms with Crippen molar-refractivity contribution in [2.24, 2.45) is 0 Å². The van der Waals surface area contributed by atoms with E-state index in [0.29, 0.717) is 36.3 Å². The lowest BCUT2D eigenvalue weighted by atomic mass is 10.1. The van der Waals surface area contributed by atoms with Crippen LogP contribution < -0.4 is 15.0 Å². The lowest BCUT2D eigenvalue weighted by molar-refractivity contribution is -0.162. The number of H-pyrrole nitrogens is 1. The molecule has 1 amide bonds. The number of carbonyl (C=O) groups is 1. The van der Waals surface area contributed by atoms with E-state index in [1.807, 2.05) is 37.3 Å². The third kappa shape index (κ3) is 6.39. The number of alkyl halides is 3. The molecule has 2 fully saturated rings. The Morgan fingerprint density at radius 1 is 1.05 bits per heavy atom. The summed E-state index contributed by atoms with van der Waals surface area (Å²) in [4.78, 5) is 39.1. The average Bonchev–Trinajstić information content (AvgIpc) is 3.69. The molecule has 1 unspecified atom stereocenters. The molecular weight excluding hydrogens is 575 g/mol. The van der Waals surface area contributed by atoms with Crippen LogP contribution in [0.25, 0.3) is 22.3 Å². The van der Waals surface area contributed by atoms with Crippen LogP contribution in [-0.4, -0.2) is 93.2 Å². The molecule has 0 spiro atoms. The Kier molecular flexibility index (Phi) is 8.25. The molecule has 2 saturated heterocycles. The van der Waals surface area contributed by atoms with Crippen LogP contribution in [0.4, 0.5) is 30.8 Å². The van der Waals surface area contributed by atoms with Gasteiger partial charge in [0, 0.05) is 57.1 Å². The maximum Gasteiger partial charge on any atom is 0.397 e. The van der Waals surface area contributed by atoms with Crippen LogP contribution >= 0.6 is 0 Å². The summed E-state index contributed by atoms with van der Waals surface area (Å²) in [5.74, 6) is 1.70. The van der Waals surface area contributed by atoms with Gasteiger partial charge in [0.15, 0.2) is 11.6 Å². The van der Waals surface area contributed by atoms with E-state index < -0.39 is 18.5 Å². The third-order valence-electron chi connectivity index (χ3n) is 8.23. The number of hydrogen-bond acceptors (Lipinski definition) is 9. The first-order chi connectivity index (χ1) is 21.2. The number of hydrogen-bond donors (Lipinski definition) is 2. The van der Waals surface area contributed by atoms with Crippen LogP contribution in [0, 0.1) is 0 Å². The van der Waals surface area contributed by atoms with Crippen LogP contribution in [-0.2, 0) is 4.79 Å². The summed E-state index contributed by atoms with van der Waals surface area (Å²) in [5, 5.41) is 3.25. The zero-order valence-corrected chi connectivity index (χ0v) is 24.6.